The second kappa shape index (κ2) is 7.19. The van der Waals surface area contributed by atoms with E-state index in [1.54, 1.807) is 6.92 Å². The Hall–Kier alpha value is -3.47. The van der Waals surface area contributed by atoms with E-state index in [-0.39, 0.29) is 28.6 Å². The van der Waals surface area contributed by atoms with Gasteiger partial charge in [0.25, 0.3) is 5.91 Å². The van der Waals surface area contributed by atoms with Crippen molar-refractivity contribution >= 4 is 17.8 Å². The molecular formula is C16H15N3O5. The summed E-state index contributed by atoms with van der Waals surface area (Å²) in [6, 6.07) is 6.29. The molecule has 0 aliphatic heterocycles. The summed E-state index contributed by atoms with van der Waals surface area (Å²) in [5.74, 6) is 0.242. The van der Waals surface area contributed by atoms with E-state index in [0.29, 0.717) is 11.3 Å². The van der Waals surface area contributed by atoms with Crippen molar-refractivity contribution in [2.45, 2.75) is 6.92 Å². The zero-order chi connectivity index (χ0) is 17.7. The van der Waals surface area contributed by atoms with Crippen LogP contribution in [0.15, 0.2) is 28.3 Å². The number of aromatic hydroxyl groups is 1. The SMILES string of the molecule is COc1cc(/C=C(/C#N)C(=O)Nc2cc(C)on2)cc(OC)c1O. The minimum Gasteiger partial charge on any atom is -0.502 e. The molecule has 0 saturated heterocycles. The molecular weight excluding hydrogens is 314 g/mol. The van der Waals surface area contributed by atoms with Crippen LogP contribution in [0.25, 0.3) is 6.08 Å². The van der Waals surface area contributed by atoms with Gasteiger partial charge in [-0.15, -0.1) is 0 Å². The van der Waals surface area contributed by atoms with Crippen LogP contribution >= 0.6 is 0 Å². The first-order valence-corrected chi connectivity index (χ1v) is 6.80. The molecule has 0 atom stereocenters. The Bertz CT molecular complexity index is 807. The van der Waals surface area contributed by atoms with Crippen molar-refractivity contribution in [2.24, 2.45) is 0 Å². The van der Waals surface area contributed by atoms with E-state index in [0.717, 1.165) is 0 Å². The number of phenols is 1. The van der Waals surface area contributed by atoms with Crippen molar-refractivity contribution in [3.05, 3.63) is 35.1 Å². The van der Waals surface area contributed by atoms with E-state index in [1.807, 2.05) is 6.07 Å². The van der Waals surface area contributed by atoms with Crippen molar-refractivity contribution in [3.63, 3.8) is 0 Å². The Kier molecular flexibility index (Phi) is 5.06. The van der Waals surface area contributed by atoms with Crippen LogP contribution in [0.2, 0.25) is 0 Å². The summed E-state index contributed by atoms with van der Waals surface area (Å²) in [6.07, 6.45) is 1.34. The fourth-order valence-electron chi connectivity index (χ4n) is 1.92. The molecule has 0 spiro atoms. The Labute approximate surface area is 137 Å². The van der Waals surface area contributed by atoms with Gasteiger partial charge < -0.3 is 24.4 Å². The number of ether oxygens (including phenoxy) is 2. The molecule has 1 aromatic heterocycles. The standard InChI is InChI=1S/C16H15N3O5/c1-9-4-14(19-24-9)18-16(21)11(8-17)5-10-6-12(22-2)15(20)13(7-10)23-3/h4-7,20H,1-3H3,(H,18,19,21)/b11-5-. The minimum atomic E-state index is -0.642. The van der Waals surface area contributed by atoms with Gasteiger partial charge in [-0.2, -0.15) is 5.26 Å². The van der Waals surface area contributed by atoms with E-state index in [4.69, 9.17) is 14.0 Å². The fourth-order valence-corrected chi connectivity index (χ4v) is 1.92. The zero-order valence-corrected chi connectivity index (χ0v) is 13.3. The number of nitriles is 1. The first-order valence-electron chi connectivity index (χ1n) is 6.80. The monoisotopic (exact) mass is 329 g/mol. The van der Waals surface area contributed by atoms with Crippen molar-refractivity contribution in [1.29, 1.82) is 5.26 Å². The molecule has 0 aliphatic rings. The number of benzene rings is 1. The van der Waals surface area contributed by atoms with E-state index >= 15 is 0 Å². The number of hydrogen-bond acceptors (Lipinski definition) is 7. The molecule has 0 fully saturated rings. The number of aromatic nitrogens is 1. The molecule has 0 aliphatic carbocycles. The Morgan fingerprint density at radius 1 is 1.33 bits per heavy atom. The maximum atomic E-state index is 12.1. The van der Waals surface area contributed by atoms with Crippen LogP contribution < -0.4 is 14.8 Å². The lowest BCUT2D eigenvalue weighted by Gasteiger charge is -2.09. The second-order valence-corrected chi connectivity index (χ2v) is 4.72. The van der Waals surface area contributed by atoms with Gasteiger partial charge in [0.15, 0.2) is 17.3 Å². The molecule has 0 saturated carbocycles. The number of anilines is 1. The molecule has 0 bridgehead atoms. The molecule has 24 heavy (non-hydrogen) atoms. The first-order chi connectivity index (χ1) is 11.5. The number of carbonyl (C=O) groups excluding carboxylic acids is 1. The van der Waals surface area contributed by atoms with Gasteiger partial charge in [-0.25, -0.2) is 0 Å². The Morgan fingerprint density at radius 2 is 1.96 bits per heavy atom. The largest absolute Gasteiger partial charge is 0.502 e. The van der Waals surface area contributed by atoms with Crippen LogP contribution in [0.1, 0.15) is 11.3 Å². The first kappa shape index (κ1) is 16.9. The summed E-state index contributed by atoms with van der Waals surface area (Å²) in [5.41, 5.74) is 0.287. The van der Waals surface area contributed by atoms with Gasteiger partial charge in [-0.05, 0) is 30.7 Å². The molecule has 124 valence electrons. The highest BCUT2D eigenvalue weighted by atomic mass is 16.5. The third-order valence-corrected chi connectivity index (χ3v) is 3.05. The lowest BCUT2D eigenvalue weighted by molar-refractivity contribution is -0.112. The Balaban J connectivity index is 2.33. The topological polar surface area (TPSA) is 118 Å². The number of amides is 1. The number of carbonyl (C=O) groups is 1. The maximum absolute atomic E-state index is 12.1. The lowest BCUT2D eigenvalue weighted by atomic mass is 10.1. The van der Waals surface area contributed by atoms with Crippen molar-refractivity contribution < 1.29 is 23.9 Å². The molecule has 2 rings (SSSR count). The summed E-state index contributed by atoms with van der Waals surface area (Å²) >= 11 is 0. The van der Waals surface area contributed by atoms with Gasteiger partial charge >= 0.3 is 0 Å². The van der Waals surface area contributed by atoms with E-state index in [2.05, 4.69) is 10.5 Å². The second-order valence-electron chi connectivity index (χ2n) is 4.72. The van der Waals surface area contributed by atoms with Crippen molar-refractivity contribution in [3.8, 4) is 23.3 Å². The van der Waals surface area contributed by atoms with E-state index < -0.39 is 5.91 Å². The summed E-state index contributed by atoms with van der Waals surface area (Å²) in [7, 11) is 2.76. The summed E-state index contributed by atoms with van der Waals surface area (Å²) < 4.78 is 14.9. The van der Waals surface area contributed by atoms with Crippen LogP contribution in [-0.4, -0.2) is 30.4 Å². The lowest BCUT2D eigenvalue weighted by Crippen LogP contribution is -2.13. The molecule has 1 aromatic carbocycles. The summed E-state index contributed by atoms with van der Waals surface area (Å²) in [4.78, 5) is 12.1. The highest BCUT2D eigenvalue weighted by Crippen LogP contribution is 2.37. The highest BCUT2D eigenvalue weighted by molar-refractivity contribution is 6.09. The van der Waals surface area contributed by atoms with Crippen LogP contribution in [-0.2, 0) is 4.79 Å². The maximum Gasteiger partial charge on any atom is 0.267 e. The molecule has 1 heterocycles. The Morgan fingerprint density at radius 3 is 2.42 bits per heavy atom. The zero-order valence-electron chi connectivity index (χ0n) is 13.3. The smallest absolute Gasteiger partial charge is 0.267 e. The predicted octanol–water partition coefficient (Wildman–Crippen LogP) is 2.25. The molecule has 1 amide bonds. The van der Waals surface area contributed by atoms with Gasteiger partial charge in [-0.3, -0.25) is 4.79 Å². The fraction of sp³-hybridized carbons (Fsp3) is 0.188. The minimum absolute atomic E-state index is 0.158. The normalized spacial score (nSPS) is 10.8. The molecule has 0 unspecified atom stereocenters. The molecule has 8 nitrogen and oxygen atoms in total. The third-order valence-electron chi connectivity index (χ3n) is 3.05. The van der Waals surface area contributed by atoms with Crippen LogP contribution in [0.4, 0.5) is 5.82 Å². The van der Waals surface area contributed by atoms with Gasteiger partial charge in [-0.1, -0.05) is 5.16 Å². The molecule has 2 aromatic rings. The quantitative estimate of drug-likeness (QED) is 0.638. The van der Waals surface area contributed by atoms with E-state index in [9.17, 15) is 15.2 Å². The number of rotatable bonds is 5. The number of aryl methyl sites for hydroxylation is 1. The average molecular weight is 329 g/mol. The number of phenolic OH excluding ortho intramolecular Hbond substituents is 1. The van der Waals surface area contributed by atoms with Crippen LogP contribution in [0.5, 0.6) is 17.2 Å². The molecule has 0 radical (unpaired) electrons. The predicted molar refractivity (Wildman–Crippen MR) is 84.7 cm³/mol. The average Bonchev–Trinajstić information content (AvgIpc) is 2.98. The number of hydrogen-bond donors (Lipinski definition) is 2. The molecule has 8 heteroatoms. The van der Waals surface area contributed by atoms with Crippen LogP contribution in [0, 0.1) is 18.3 Å². The van der Waals surface area contributed by atoms with Crippen molar-refractivity contribution in [2.75, 3.05) is 19.5 Å². The van der Waals surface area contributed by atoms with Gasteiger partial charge in [0.1, 0.15) is 17.4 Å². The van der Waals surface area contributed by atoms with Crippen molar-refractivity contribution in [1.82, 2.24) is 5.16 Å². The van der Waals surface area contributed by atoms with Gasteiger partial charge in [0, 0.05) is 6.07 Å². The number of methoxy groups -OCH3 is 2. The number of nitrogens with zero attached hydrogens (tertiary/aromatic N) is 2. The van der Waals surface area contributed by atoms with Gasteiger partial charge in [0.05, 0.1) is 14.2 Å². The van der Waals surface area contributed by atoms with Crippen LogP contribution in [0.3, 0.4) is 0 Å². The summed E-state index contributed by atoms with van der Waals surface area (Å²) in [5, 5.41) is 25.2. The number of nitrogens with one attached hydrogen (secondary N) is 1. The van der Waals surface area contributed by atoms with E-state index in [1.165, 1.54) is 38.5 Å². The highest BCUT2D eigenvalue weighted by Gasteiger charge is 2.14. The summed E-state index contributed by atoms with van der Waals surface area (Å²) in [6.45, 7) is 1.68. The molecule has 2 N–H and O–H groups in total. The van der Waals surface area contributed by atoms with Gasteiger partial charge in [0.2, 0.25) is 5.75 Å². The third kappa shape index (κ3) is 3.64.